The summed E-state index contributed by atoms with van der Waals surface area (Å²) in [6.07, 6.45) is 0. The number of nitrogens with zero attached hydrogens (tertiary/aromatic N) is 2. The van der Waals surface area contributed by atoms with Gasteiger partial charge in [-0.05, 0) is 121 Å². The van der Waals surface area contributed by atoms with Crippen LogP contribution in [0.2, 0.25) is 0 Å². The highest BCUT2D eigenvalue weighted by molar-refractivity contribution is 6.21. The van der Waals surface area contributed by atoms with Crippen LogP contribution in [0.1, 0.15) is 26.3 Å². The summed E-state index contributed by atoms with van der Waals surface area (Å²) in [4.78, 5) is 0. The molecule has 2 aromatic heterocycles. The molecule has 0 bridgehead atoms. The Labute approximate surface area is 361 Å². The number of aromatic nitrogens is 2. The molecular formula is C60H44N2. The van der Waals surface area contributed by atoms with E-state index in [1.54, 1.807) is 0 Å². The summed E-state index contributed by atoms with van der Waals surface area (Å²) in [5.41, 5.74) is 16.0. The van der Waals surface area contributed by atoms with Gasteiger partial charge in [-0.1, -0.05) is 178 Å². The Morgan fingerprint density at radius 1 is 0.290 bits per heavy atom. The first-order valence-corrected chi connectivity index (χ1v) is 21.7. The summed E-state index contributed by atoms with van der Waals surface area (Å²) in [5, 5.41) is 10.1. The third-order valence-corrected chi connectivity index (χ3v) is 13.0. The van der Waals surface area contributed by atoms with Gasteiger partial charge in [-0.3, -0.25) is 0 Å². The Hall–Kier alpha value is -7.68. The molecule has 62 heavy (non-hydrogen) atoms. The third kappa shape index (κ3) is 5.57. The van der Waals surface area contributed by atoms with Crippen molar-refractivity contribution in [3.63, 3.8) is 0 Å². The van der Waals surface area contributed by atoms with Crippen molar-refractivity contribution in [2.24, 2.45) is 0 Å². The SMILES string of the molecule is CC(C)(C)c1ccccc1-n1c2ccccc2c2cc(-c3ccc4c(c3)c3ccccc3n4-c3ccc(-c4c5ccccc5c(-c5ccccc5)c5ccccc45)cc3)ccc21. The molecule has 0 spiro atoms. The monoisotopic (exact) mass is 792 g/mol. The van der Waals surface area contributed by atoms with E-state index in [2.05, 4.69) is 242 Å². The van der Waals surface area contributed by atoms with E-state index in [1.165, 1.54) is 110 Å². The molecule has 2 nitrogen and oxygen atoms in total. The normalized spacial score (nSPS) is 12.1. The fourth-order valence-corrected chi connectivity index (χ4v) is 10.3. The van der Waals surface area contributed by atoms with Crippen LogP contribution in [0.25, 0.3) is 110 Å². The van der Waals surface area contributed by atoms with Gasteiger partial charge in [-0.25, -0.2) is 0 Å². The molecule has 0 aliphatic carbocycles. The van der Waals surface area contributed by atoms with Crippen molar-refractivity contribution in [2.45, 2.75) is 26.2 Å². The lowest BCUT2D eigenvalue weighted by molar-refractivity contribution is 0.587. The Morgan fingerprint density at radius 3 is 1.21 bits per heavy atom. The zero-order valence-corrected chi connectivity index (χ0v) is 35.1. The Balaban J connectivity index is 0.985. The first-order chi connectivity index (χ1) is 30.4. The maximum atomic E-state index is 2.46. The molecule has 0 amide bonds. The van der Waals surface area contributed by atoms with Crippen LogP contribution in [0.5, 0.6) is 0 Å². The quantitative estimate of drug-likeness (QED) is 0.154. The van der Waals surface area contributed by atoms with Gasteiger partial charge in [0.05, 0.1) is 22.1 Å². The van der Waals surface area contributed by atoms with E-state index < -0.39 is 0 Å². The van der Waals surface area contributed by atoms with Crippen LogP contribution in [0.3, 0.4) is 0 Å². The van der Waals surface area contributed by atoms with Gasteiger partial charge in [0.1, 0.15) is 0 Å². The molecule has 0 saturated carbocycles. The van der Waals surface area contributed by atoms with Crippen molar-refractivity contribution in [3.8, 4) is 44.8 Å². The Bertz CT molecular complexity index is 3650. The zero-order valence-electron chi connectivity index (χ0n) is 35.1. The fraction of sp³-hybridized carbons (Fsp3) is 0.0667. The van der Waals surface area contributed by atoms with Gasteiger partial charge in [0, 0.05) is 32.9 Å². The first kappa shape index (κ1) is 36.2. The van der Waals surface area contributed by atoms with Gasteiger partial charge in [0.25, 0.3) is 0 Å². The van der Waals surface area contributed by atoms with Crippen LogP contribution < -0.4 is 0 Å². The average Bonchev–Trinajstić information content (AvgIpc) is 3.83. The van der Waals surface area contributed by atoms with Gasteiger partial charge in [0.2, 0.25) is 0 Å². The third-order valence-electron chi connectivity index (χ3n) is 13.0. The largest absolute Gasteiger partial charge is 0.309 e. The van der Waals surface area contributed by atoms with E-state index in [9.17, 15) is 0 Å². The molecule has 0 N–H and O–H groups in total. The summed E-state index contributed by atoms with van der Waals surface area (Å²) in [6.45, 7) is 6.90. The van der Waals surface area contributed by atoms with Gasteiger partial charge in [0.15, 0.2) is 0 Å². The molecule has 0 saturated heterocycles. The number of hydrogen-bond donors (Lipinski definition) is 0. The molecule has 0 radical (unpaired) electrons. The summed E-state index contributed by atoms with van der Waals surface area (Å²) < 4.78 is 4.89. The van der Waals surface area contributed by atoms with Crippen molar-refractivity contribution in [2.75, 3.05) is 0 Å². The molecule has 0 aliphatic rings. The molecule has 10 aromatic carbocycles. The maximum Gasteiger partial charge on any atom is 0.0541 e. The smallest absolute Gasteiger partial charge is 0.0541 e. The van der Waals surface area contributed by atoms with Crippen molar-refractivity contribution in [3.05, 3.63) is 218 Å². The number of rotatable bonds is 5. The lowest BCUT2D eigenvalue weighted by Gasteiger charge is -2.24. The van der Waals surface area contributed by atoms with E-state index >= 15 is 0 Å². The van der Waals surface area contributed by atoms with E-state index in [1.807, 2.05) is 0 Å². The summed E-state index contributed by atoms with van der Waals surface area (Å²) >= 11 is 0. The molecule has 2 heteroatoms. The first-order valence-electron chi connectivity index (χ1n) is 21.7. The van der Waals surface area contributed by atoms with Crippen LogP contribution in [-0.4, -0.2) is 9.13 Å². The van der Waals surface area contributed by atoms with Crippen LogP contribution in [0, 0.1) is 0 Å². The summed E-state index contributed by atoms with van der Waals surface area (Å²) in [5.74, 6) is 0. The zero-order chi connectivity index (χ0) is 41.5. The van der Waals surface area contributed by atoms with E-state index in [0.29, 0.717) is 0 Å². The second-order valence-electron chi connectivity index (χ2n) is 17.7. The predicted molar refractivity (Wildman–Crippen MR) is 265 cm³/mol. The van der Waals surface area contributed by atoms with Gasteiger partial charge in [-0.2, -0.15) is 0 Å². The van der Waals surface area contributed by atoms with Crippen LogP contribution >= 0.6 is 0 Å². The van der Waals surface area contributed by atoms with E-state index in [0.717, 1.165) is 5.69 Å². The van der Waals surface area contributed by atoms with E-state index in [4.69, 9.17) is 0 Å². The van der Waals surface area contributed by atoms with Crippen LogP contribution in [0.15, 0.2) is 212 Å². The molecule has 12 rings (SSSR count). The molecule has 0 atom stereocenters. The number of para-hydroxylation sites is 3. The highest BCUT2D eigenvalue weighted by Gasteiger charge is 2.22. The Morgan fingerprint density at radius 2 is 0.677 bits per heavy atom. The molecule has 12 aromatic rings. The highest BCUT2D eigenvalue weighted by Crippen LogP contribution is 2.45. The summed E-state index contributed by atoms with van der Waals surface area (Å²) in [6, 6.07) is 78.4. The molecular weight excluding hydrogens is 749 g/mol. The second-order valence-corrected chi connectivity index (χ2v) is 17.7. The predicted octanol–water partition coefficient (Wildman–Crippen LogP) is 16.5. The molecule has 2 heterocycles. The lowest BCUT2D eigenvalue weighted by Crippen LogP contribution is -2.15. The van der Waals surface area contributed by atoms with Crippen LogP contribution in [0.4, 0.5) is 0 Å². The fourth-order valence-electron chi connectivity index (χ4n) is 10.3. The van der Waals surface area contributed by atoms with Crippen molar-refractivity contribution < 1.29 is 0 Å². The second kappa shape index (κ2) is 13.9. The standard InChI is InChI=1S/C60H44N2/c1-60(2,3)52-25-13-16-28-57(52)62-54-27-15-12-20-45(54)51-38-42(32-36-56(51)62)41-31-35-55-50(37-41)44-19-11-14-26-53(44)61(55)43-33-29-40(30-34-43)59-48-23-9-7-21-46(48)58(39-17-5-4-6-18-39)47-22-8-10-24-49(47)59/h4-38H,1-3H3. The topological polar surface area (TPSA) is 9.86 Å². The number of benzene rings is 10. The van der Waals surface area contributed by atoms with Gasteiger partial charge < -0.3 is 9.13 Å². The van der Waals surface area contributed by atoms with E-state index in [-0.39, 0.29) is 5.41 Å². The van der Waals surface area contributed by atoms with Crippen molar-refractivity contribution in [1.82, 2.24) is 9.13 Å². The minimum atomic E-state index is 0.00371. The molecule has 294 valence electrons. The molecule has 0 aliphatic heterocycles. The number of fused-ring (bicyclic) bond motifs is 8. The van der Waals surface area contributed by atoms with Crippen LogP contribution in [-0.2, 0) is 5.41 Å². The minimum absolute atomic E-state index is 0.00371. The van der Waals surface area contributed by atoms with Crippen molar-refractivity contribution in [1.29, 1.82) is 0 Å². The molecule has 0 unspecified atom stereocenters. The molecule has 0 fully saturated rings. The Kier molecular flexibility index (Phi) is 8.14. The summed E-state index contributed by atoms with van der Waals surface area (Å²) in [7, 11) is 0. The number of hydrogen-bond acceptors (Lipinski definition) is 0. The van der Waals surface area contributed by atoms with Crippen molar-refractivity contribution >= 4 is 65.2 Å². The lowest BCUT2D eigenvalue weighted by atomic mass is 9.85. The average molecular weight is 793 g/mol. The highest BCUT2D eigenvalue weighted by atomic mass is 15.0. The maximum absolute atomic E-state index is 2.46. The van der Waals surface area contributed by atoms with Gasteiger partial charge in [-0.15, -0.1) is 0 Å². The minimum Gasteiger partial charge on any atom is -0.309 e. The van der Waals surface area contributed by atoms with Gasteiger partial charge >= 0.3 is 0 Å².